The summed E-state index contributed by atoms with van der Waals surface area (Å²) in [7, 11) is 0. The van der Waals surface area contributed by atoms with E-state index in [-0.39, 0.29) is 23.7 Å². The highest BCUT2D eigenvalue weighted by Crippen LogP contribution is 2.22. The maximum atomic E-state index is 12.6. The number of hydrogen-bond donors (Lipinski definition) is 1. The topological polar surface area (TPSA) is 65.5 Å². The number of nitrogens with one attached hydrogen (secondary N) is 1. The number of carbonyl (C=O) groups is 2. The van der Waals surface area contributed by atoms with Gasteiger partial charge in [-0.25, -0.2) is 4.98 Å². The molecule has 2 aliphatic heterocycles. The predicted molar refractivity (Wildman–Crippen MR) is 98.5 cm³/mol. The fourth-order valence-corrected chi connectivity index (χ4v) is 3.59. The van der Waals surface area contributed by atoms with Gasteiger partial charge >= 0.3 is 0 Å². The van der Waals surface area contributed by atoms with E-state index in [2.05, 4.69) is 15.2 Å². The van der Waals surface area contributed by atoms with Gasteiger partial charge in [-0.2, -0.15) is 0 Å². The first-order valence-corrected chi connectivity index (χ1v) is 9.35. The molecule has 3 rings (SSSR count). The number of piperidine rings is 1. The molecule has 3 heterocycles. The van der Waals surface area contributed by atoms with Gasteiger partial charge in [-0.1, -0.05) is 13.8 Å². The highest BCUT2D eigenvalue weighted by molar-refractivity contribution is 5.93. The van der Waals surface area contributed by atoms with Crippen LogP contribution >= 0.6 is 0 Å². The minimum absolute atomic E-state index is 0.0167. The maximum absolute atomic E-state index is 12.6. The van der Waals surface area contributed by atoms with E-state index in [9.17, 15) is 9.59 Å². The largest absolute Gasteiger partial charge is 0.357 e. The van der Waals surface area contributed by atoms with E-state index in [1.807, 2.05) is 30.9 Å². The number of anilines is 2. The number of carbonyl (C=O) groups excluding carboxylic acids is 2. The molecule has 2 saturated heterocycles. The molecule has 6 nitrogen and oxygen atoms in total. The van der Waals surface area contributed by atoms with Crippen LogP contribution in [0.15, 0.2) is 18.3 Å². The second-order valence-electron chi connectivity index (χ2n) is 7.37. The minimum atomic E-state index is -0.144. The number of hydrogen-bond acceptors (Lipinski definition) is 4. The molecule has 1 aromatic rings. The van der Waals surface area contributed by atoms with Crippen molar-refractivity contribution in [1.82, 2.24) is 9.88 Å². The Labute approximate surface area is 149 Å². The third-order valence-electron chi connectivity index (χ3n) is 5.04. The molecule has 2 fully saturated rings. The van der Waals surface area contributed by atoms with Gasteiger partial charge in [0.2, 0.25) is 11.8 Å². The first kappa shape index (κ1) is 17.7. The Morgan fingerprint density at radius 2 is 1.92 bits per heavy atom. The summed E-state index contributed by atoms with van der Waals surface area (Å²) in [6, 6.07) is 3.88. The normalized spacial score (nSPS) is 20.8. The minimum Gasteiger partial charge on any atom is -0.357 e. The predicted octanol–water partition coefficient (Wildman–Crippen LogP) is 2.51. The summed E-state index contributed by atoms with van der Waals surface area (Å²) < 4.78 is 0. The quantitative estimate of drug-likeness (QED) is 0.911. The molecule has 1 unspecified atom stereocenters. The molecule has 2 amide bonds. The van der Waals surface area contributed by atoms with Crippen molar-refractivity contribution in [3.8, 4) is 0 Å². The first-order chi connectivity index (χ1) is 12.0. The van der Waals surface area contributed by atoms with Gasteiger partial charge in [0, 0.05) is 32.1 Å². The van der Waals surface area contributed by atoms with Crippen LogP contribution < -0.4 is 10.2 Å². The van der Waals surface area contributed by atoms with Gasteiger partial charge in [-0.3, -0.25) is 9.59 Å². The van der Waals surface area contributed by atoms with Crippen LogP contribution in [-0.4, -0.2) is 47.9 Å². The summed E-state index contributed by atoms with van der Waals surface area (Å²) in [4.78, 5) is 33.3. The highest BCUT2D eigenvalue weighted by atomic mass is 16.2. The second-order valence-corrected chi connectivity index (χ2v) is 7.37. The summed E-state index contributed by atoms with van der Waals surface area (Å²) in [5.41, 5.74) is 0.722. The molecule has 2 aliphatic rings. The van der Waals surface area contributed by atoms with Crippen LogP contribution in [0.3, 0.4) is 0 Å². The lowest BCUT2D eigenvalue weighted by Crippen LogP contribution is -2.45. The number of likely N-dealkylation sites (tertiary alicyclic amines) is 1. The molecule has 0 spiro atoms. The average Bonchev–Trinajstić information content (AvgIpc) is 3.16. The first-order valence-electron chi connectivity index (χ1n) is 9.35. The van der Waals surface area contributed by atoms with Crippen molar-refractivity contribution >= 4 is 23.3 Å². The van der Waals surface area contributed by atoms with Gasteiger partial charge in [0.1, 0.15) is 5.82 Å². The number of amides is 2. The van der Waals surface area contributed by atoms with Gasteiger partial charge in [0.05, 0.1) is 17.8 Å². The van der Waals surface area contributed by atoms with Crippen molar-refractivity contribution < 1.29 is 9.59 Å². The fraction of sp³-hybridized carbons (Fsp3) is 0.632. The zero-order valence-corrected chi connectivity index (χ0v) is 15.2. The van der Waals surface area contributed by atoms with E-state index < -0.39 is 0 Å². The Balaban J connectivity index is 1.57. The SMILES string of the molecule is CC(C)C(=O)N1CCCC(C(=O)Nc2ccc(N3CCCC3)nc2)C1. The van der Waals surface area contributed by atoms with E-state index >= 15 is 0 Å². The molecule has 0 aromatic carbocycles. The van der Waals surface area contributed by atoms with Gasteiger partial charge in [-0.05, 0) is 37.8 Å². The van der Waals surface area contributed by atoms with E-state index in [1.165, 1.54) is 12.8 Å². The van der Waals surface area contributed by atoms with Gasteiger partial charge < -0.3 is 15.1 Å². The van der Waals surface area contributed by atoms with Crippen molar-refractivity contribution in [3.63, 3.8) is 0 Å². The van der Waals surface area contributed by atoms with E-state index in [0.717, 1.165) is 44.0 Å². The summed E-state index contributed by atoms with van der Waals surface area (Å²) >= 11 is 0. The number of aromatic nitrogens is 1. The summed E-state index contributed by atoms with van der Waals surface area (Å²) in [6.07, 6.45) is 5.86. The zero-order valence-electron chi connectivity index (χ0n) is 15.2. The van der Waals surface area contributed by atoms with E-state index in [0.29, 0.717) is 6.54 Å². The standard InChI is InChI=1S/C19H28N4O2/c1-14(2)19(25)23-11-5-6-15(13-23)18(24)21-16-7-8-17(20-12-16)22-9-3-4-10-22/h7-8,12,14-15H,3-6,9-11,13H2,1-2H3,(H,21,24). The average molecular weight is 344 g/mol. The van der Waals surface area contributed by atoms with Crippen molar-refractivity contribution in [2.24, 2.45) is 11.8 Å². The lowest BCUT2D eigenvalue weighted by molar-refractivity contribution is -0.137. The van der Waals surface area contributed by atoms with Crippen molar-refractivity contribution in [3.05, 3.63) is 18.3 Å². The smallest absolute Gasteiger partial charge is 0.229 e. The van der Waals surface area contributed by atoms with Gasteiger partial charge in [0.25, 0.3) is 0 Å². The van der Waals surface area contributed by atoms with Crippen LogP contribution in [0, 0.1) is 11.8 Å². The molecule has 1 atom stereocenters. The van der Waals surface area contributed by atoms with Gasteiger partial charge in [-0.15, -0.1) is 0 Å². The number of rotatable bonds is 4. The molecule has 0 bridgehead atoms. The van der Waals surface area contributed by atoms with Crippen molar-refractivity contribution in [2.45, 2.75) is 39.5 Å². The van der Waals surface area contributed by atoms with Gasteiger partial charge in [0.15, 0.2) is 0 Å². The highest BCUT2D eigenvalue weighted by Gasteiger charge is 2.29. The van der Waals surface area contributed by atoms with Crippen LogP contribution in [0.2, 0.25) is 0 Å². The number of nitrogens with zero attached hydrogens (tertiary/aromatic N) is 3. The van der Waals surface area contributed by atoms with Crippen molar-refractivity contribution in [2.75, 3.05) is 36.4 Å². The lowest BCUT2D eigenvalue weighted by atomic mass is 9.96. The Bertz CT molecular complexity index is 608. The Morgan fingerprint density at radius 1 is 1.16 bits per heavy atom. The van der Waals surface area contributed by atoms with Crippen LogP contribution in [0.4, 0.5) is 11.5 Å². The number of pyridine rings is 1. The lowest BCUT2D eigenvalue weighted by Gasteiger charge is -2.33. The Kier molecular flexibility index (Phi) is 5.56. The third kappa shape index (κ3) is 4.30. The van der Waals surface area contributed by atoms with E-state index in [1.54, 1.807) is 6.20 Å². The molecule has 6 heteroatoms. The Morgan fingerprint density at radius 3 is 2.56 bits per heavy atom. The van der Waals surface area contributed by atoms with Crippen molar-refractivity contribution in [1.29, 1.82) is 0 Å². The molecule has 0 aliphatic carbocycles. The third-order valence-corrected chi connectivity index (χ3v) is 5.04. The molecular formula is C19H28N4O2. The summed E-state index contributed by atoms with van der Waals surface area (Å²) in [6.45, 7) is 7.19. The van der Waals surface area contributed by atoms with Crippen LogP contribution in [0.5, 0.6) is 0 Å². The maximum Gasteiger partial charge on any atom is 0.229 e. The molecule has 136 valence electrons. The molecule has 25 heavy (non-hydrogen) atoms. The summed E-state index contributed by atoms with van der Waals surface area (Å²) in [5, 5.41) is 2.96. The molecule has 0 saturated carbocycles. The molecule has 1 N–H and O–H groups in total. The molecule has 1 aromatic heterocycles. The second kappa shape index (κ2) is 7.85. The van der Waals surface area contributed by atoms with Crippen LogP contribution in [0.1, 0.15) is 39.5 Å². The Hall–Kier alpha value is -2.11. The zero-order chi connectivity index (χ0) is 17.8. The fourth-order valence-electron chi connectivity index (χ4n) is 3.59. The molecular weight excluding hydrogens is 316 g/mol. The van der Waals surface area contributed by atoms with E-state index in [4.69, 9.17) is 0 Å². The molecule has 0 radical (unpaired) electrons. The summed E-state index contributed by atoms with van der Waals surface area (Å²) in [5.74, 6) is 0.923. The monoisotopic (exact) mass is 344 g/mol. The van der Waals surface area contributed by atoms with Crippen LogP contribution in [-0.2, 0) is 9.59 Å². The van der Waals surface area contributed by atoms with Crippen LogP contribution in [0.25, 0.3) is 0 Å².